The molecule has 6 heteroatoms. The Balaban J connectivity index is 4.73. The Kier molecular flexibility index (Phi) is 5.85. The minimum absolute atomic E-state index is 0.0352. The van der Waals surface area contributed by atoms with Gasteiger partial charge in [-0.2, -0.15) is 13.2 Å². The lowest BCUT2D eigenvalue weighted by Gasteiger charge is -2.33. The zero-order valence-corrected chi connectivity index (χ0v) is 9.30. The summed E-state index contributed by atoms with van der Waals surface area (Å²) in [4.78, 5) is 0. The molecule has 0 aliphatic carbocycles. The second kappa shape index (κ2) is 5.82. The summed E-state index contributed by atoms with van der Waals surface area (Å²) in [6.07, 6.45) is -4.51. The molecule has 0 amide bonds. The number of alkyl halides is 3. The molecule has 0 saturated heterocycles. The molecule has 0 saturated carbocycles. The van der Waals surface area contributed by atoms with Gasteiger partial charge in [0.2, 0.25) is 0 Å². The van der Waals surface area contributed by atoms with Crippen molar-refractivity contribution in [3.63, 3.8) is 0 Å². The van der Waals surface area contributed by atoms with Crippen molar-refractivity contribution in [3.05, 3.63) is 0 Å². The molecule has 0 aliphatic rings. The maximum absolute atomic E-state index is 12.7. The van der Waals surface area contributed by atoms with Gasteiger partial charge in [-0.3, -0.25) is 0 Å². The van der Waals surface area contributed by atoms with Crippen LogP contribution in [0, 0.1) is 0 Å². The molecule has 2 nitrogen and oxygen atoms in total. The average Bonchev–Trinajstić information content (AvgIpc) is 2.03. The van der Waals surface area contributed by atoms with E-state index in [1.807, 2.05) is 0 Å². The molecule has 0 aromatic rings. The van der Waals surface area contributed by atoms with Crippen LogP contribution in [0.15, 0.2) is 0 Å². The quantitative estimate of drug-likeness (QED) is 0.656. The predicted octanol–water partition coefficient (Wildman–Crippen LogP) is 3.03. The third-order valence-corrected chi connectivity index (χ3v) is 2.49. The van der Waals surface area contributed by atoms with E-state index in [9.17, 15) is 13.2 Å². The second-order valence-electron chi connectivity index (χ2n) is 2.35. The molecule has 0 spiro atoms. The molecule has 86 valence electrons. The number of rotatable bonds is 6. The first-order valence-electron chi connectivity index (χ1n) is 4.42. The van der Waals surface area contributed by atoms with E-state index in [-0.39, 0.29) is 19.0 Å². The van der Waals surface area contributed by atoms with Crippen LogP contribution >= 0.6 is 11.8 Å². The van der Waals surface area contributed by atoms with Gasteiger partial charge in [-0.05, 0) is 19.6 Å². The Morgan fingerprint density at radius 2 is 1.43 bits per heavy atom. The van der Waals surface area contributed by atoms with Gasteiger partial charge in [-0.15, -0.1) is 0 Å². The number of thioether (sulfide) groups is 1. The first-order valence-corrected chi connectivity index (χ1v) is 5.40. The van der Waals surface area contributed by atoms with Crippen molar-refractivity contribution >= 4 is 11.8 Å². The van der Waals surface area contributed by atoms with Crippen LogP contribution in [0.1, 0.15) is 20.8 Å². The highest BCUT2D eigenvalue weighted by atomic mass is 32.2. The van der Waals surface area contributed by atoms with Crippen LogP contribution in [0.4, 0.5) is 13.2 Å². The van der Waals surface area contributed by atoms with E-state index in [1.54, 1.807) is 6.92 Å². The maximum atomic E-state index is 12.7. The summed E-state index contributed by atoms with van der Waals surface area (Å²) in [5.74, 6) is 0.277. The van der Waals surface area contributed by atoms with Gasteiger partial charge in [0.1, 0.15) is 0 Å². The SMILES string of the molecule is CCOC(OCC)(SCC)C(F)(F)F. The molecule has 0 aliphatic heterocycles. The van der Waals surface area contributed by atoms with Gasteiger partial charge in [-0.1, -0.05) is 18.7 Å². The van der Waals surface area contributed by atoms with E-state index >= 15 is 0 Å². The molecular formula is C8H15F3O2S. The summed E-state index contributed by atoms with van der Waals surface area (Å²) < 4.78 is 47.4. The number of halogens is 3. The minimum atomic E-state index is -4.51. The van der Waals surface area contributed by atoms with Crippen LogP contribution in [0.3, 0.4) is 0 Å². The number of hydrogen-bond acceptors (Lipinski definition) is 3. The molecular weight excluding hydrogens is 217 g/mol. The van der Waals surface area contributed by atoms with E-state index in [0.717, 1.165) is 0 Å². The Bertz CT molecular complexity index is 144. The fourth-order valence-electron chi connectivity index (χ4n) is 0.941. The van der Waals surface area contributed by atoms with Crippen molar-refractivity contribution < 1.29 is 22.6 Å². The third-order valence-electron chi connectivity index (χ3n) is 1.35. The predicted molar refractivity (Wildman–Crippen MR) is 50.2 cm³/mol. The van der Waals surface area contributed by atoms with Crippen LogP contribution in [0.25, 0.3) is 0 Å². The molecule has 0 unspecified atom stereocenters. The van der Waals surface area contributed by atoms with E-state index < -0.39 is 11.3 Å². The lowest BCUT2D eigenvalue weighted by molar-refractivity contribution is -0.330. The summed E-state index contributed by atoms with van der Waals surface area (Å²) in [6.45, 7) is 4.58. The van der Waals surface area contributed by atoms with Crippen LogP contribution in [0.2, 0.25) is 0 Å². The van der Waals surface area contributed by atoms with Crippen LogP contribution < -0.4 is 0 Å². The molecule has 0 atom stereocenters. The Hall–Kier alpha value is 0.0600. The number of hydrogen-bond donors (Lipinski definition) is 0. The summed E-state index contributed by atoms with van der Waals surface area (Å²) in [5.41, 5.74) is 0. The van der Waals surface area contributed by atoms with Gasteiger partial charge in [0.05, 0.1) is 0 Å². The van der Waals surface area contributed by atoms with E-state index in [2.05, 4.69) is 0 Å². The molecule has 0 bridgehead atoms. The van der Waals surface area contributed by atoms with E-state index in [4.69, 9.17) is 9.47 Å². The van der Waals surface area contributed by atoms with Crippen molar-refractivity contribution in [2.75, 3.05) is 19.0 Å². The van der Waals surface area contributed by atoms with E-state index in [1.165, 1.54) is 13.8 Å². The van der Waals surface area contributed by atoms with Gasteiger partial charge in [-0.25, -0.2) is 0 Å². The highest BCUT2D eigenvalue weighted by Gasteiger charge is 2.58. The summed E-state index contributed by atoms with van der Waals surface area (Å²) in [6, 6.07) is 0. The van der Waals surface area contributed by atoms with Gasteiger partial charge in [0, 0.05) is 13.2 Å². The molecule has 0 heterocycles. The largest absolute Gasteiger partial charge is 0.454 e. The van der Waals surface area contributed by atoms with Gasteiger partial charge in [0.25, 0.3) is 0 Å². The molecule has 0 radical (unpaired) electrons. The van der Waals surface area contributed by atoms with Gasteiger partial charge >= 0.3 is 11.3 Å². The van der Waals surface area contributed by atoms with Crippen LogP contribution in [-0.4, -0.2) is 30.3 Å². The fraction of sp³-hybridized carbons (Fsp3) is 1.00. The standard InChI is InChI=1S/C8H15F3O2S/c1-4-12-8(13-5-2,14-6-3)7(9,10)11/h4-6H2,1-3H3. The Morgan fingerprint density at radius 3 is 1.64 bits per heavy atom. The molecule has 0 aromatic heterocycles. The van der Waals surface area contributed by atoms with Crippen molar-refractivity contribution in [1.29, 1.82) is 0 Å². The summed E-state index contributed by atoms with van der Waals surface area (Å²) in [5, 5.41) is -2.49. The van der Waals surface area contributed by atoms with Gasteiger partial charge in [0.15, 0.2) is 0 Å². The fourth-order valence-corrected chi connectivity index (χ4v) is 1.89. The van der Waals surface area contributed by atoms with E-state index in [0.29, 0.717) is 11.8 Å². The Morgan fingerprint density at radius 1 is 1.00 bits per heavy atom. The lowest BCUT2D eigenvalue weighted by atomic mass is 10.6. The Labute approximate surface area is 86.1 Å². The normalized spacial score (nSPS) is 13.3. The zero-order valence-electron chi connectivity index (χ0n) is 8.48. The molecule has 0 N–H and O–H groups in total. The smallest absolute Gasteiger partial charge is 0.335 e. The highest BCUT2D eigenvalue weighted by molar-refractivity contribution is 8.00. The van der Waals surface area contributed by atoms with Crippen molar-refractivity contribution in [2.45, 2.75) is 32.1 Å². The van der Waals surface area contributed by atoms with Crippen molar-refractivity contribution in [1.82, 2.24) is 0 Å². The topological polar surface area (TPSA) is 18.5 Å². The van der Waals surface area contributed by atoms with Crippen LogP contribution in [-0.2, 0) is 9.47 Å². The monoisotopic (exact) mass is 232 g/mol. The second-order valence-corrected chi connectivity index (χ2v) is 3.76. The zero-order chi connectivity index (χ0) is 11.2. The molecule has 0 fully saturated rings. The van der Waals surface area contributed by atoms with Crippen molar-refractivity contribution in [3.8, 4) is 0 Å². The highest BCUT2D eigenvalue weighted by Crippen LogP contribution is 2.43. The first kappa shape index (κ1) is 14.1. The minimum Gasteiger partial charge on any atom is -0.335 e. The molecule has 0 aromatic carbocycles. The lowest BCUT2D eigenvalue weighted by Crippen LogP contribution is -2.47. The molecule has 0 rings (SSSR count). The first-order chi connectivity index (χ1) is 6.43. The van der Waals surface area contributed by atoms with Crippen molar-refractivity contribution in [2.24, 2.45) is 0 Å². The maximum Gasteiger partial charge on any atom is 0.454 e. The molecule has 14 heavy (non-hydrogen) atoms. The van der Waals surface area contributed by atoms with Gasteiger partial charge < -0.3 is 9.47 Å². The third kappa shape index (κ3) is 3.33. The average molecular weight is 232 g/mol. The number of ether oxygens (including phenoxy) is 2. The summed E-state index contributed by atoms with van der Waals surface area (Å²) in [7, 11) is 0. The van der Waals surface area contributed by atoms with Crippen LogP contribution in [0.5, 0.6) is 0 Å². The summed E-state index contributed by atoms with van der Waals surface area (Å²) >= 11 is 0.611.